The van der Waals surface area contributed by atoms with E-state index in [0.29, 0.717) is 0 Å². The Labute approximate surface area is 221 Å². The summed E-state index contributed by atoms with van der Waals surface area (Å²) in [5.74, 6) is -7.24. The van der Waals surface area contributed by atoms with Crippen molar-refractivity contribution in [1.29, 1.82) is 0 Å². The molecule has 9 nitrogen and oxygen atoms in total. The molecule has 0 amide bonds. The van der Waals surface area contributed by atoms with E-state index in [1.807, 2.05) is 12.4 Å². The monoisotopic (exact) mass is 599 g/mol. The summed E-state index contributed by atoms with van der Waals surface area (Å²) in [5.41, 5.74) is 1.36. The van der Waals surface area contributed by atoms with Crippen molar-refractivity contribution < 1.29 is 69.2 Å². The fourth-order valence-corrected chi connectivity index (χ4v) is 3.95. The first-order valence-corrected chi connectivity index (χ1v) is 11.5. The van der Waals surface area contributed by atoms with Crippen LogP contribution >= 0.6 is 0 Å². The van der Waals surface area contributed by atoms with Gasteiger partial charge >= 0.3 is 36.4 Å². The number of aliphatic carboxylic acids is 3. The lowest BCUT2D eigenvalue weighted by atomic mass is 10.1. The van der Waals surface area contributed by atoms with Crippen molar-refractivity contribution >= 4 is 17.9 Å². The van der Waals surface area contributed by atoms with Crippen LogP contribution in [0.3, 0.4) is 0 Å². The second-order valence-electron chi connectivity index (χ2n) is 8.89. The third kappa shape index (κ3) is 12.8. The van der Waals surface area contributed by atoms with Crippen molar-refractivity contribution in [3.63, 3.8) is 0 Å². The van der Waals surface area contributed by atoms with Crippen LogP contribution in [0, 0.1) is 5.92 Å². The predicted octanol–water partition coefficient (Wildman–Crippen LogP) is 4.04. The summed E-state index contributed by atoms with van der Waals surface area (Å²) in [6.45, 7) is 5.06. The van der Waals surface area contributed by atoms with Gasteiger partial charge in [-0.25, -0.2) is 14.4 Å². The minimum Gasteiger partial charge on any atom is -0.475 e. The zero-order valence-electron chi connectivity index (χ0n) is 20.5. The number of aromatic nitrogens is 1. The number of hydrogen-bond acceptors (Lipinski definition) is 6. The summed E-state index contributed by atoms with van der Waals surface area (Å²) in [5, 5.41) is 21.4. The zero-order chi connectivity index (χ0) is 30.9. The van der Waals surface area contributed by atoms with Gasteiger partial charge in [0.1, 0.15) is 0 Å². The quantitative estimate of drug-likeness (QED) is 0.439. The van der Waals surface area contributed by atoms with Crippen LogP contribution in [0.25, 0.3) is 0 Å². The van der Waals surface area contributed by atoms with E-state index in [9.17, 15) is 39.5 Å². The molecule has 0 aromatic carbocycles. The number of halogens is 9. The van der Waals surface area contributed by atoms with Gasteiger partial charge in [0, 0.05) is 50.7 Å². The van der Waals surface area contributed by atoms with Gasteiger partial charge in [0.15, 0.2) is 0 Å². The molecule has 3 N–H and O–H groups in total. The molecule has 1 aliphatic carbocycles. The minimum atomic E-state index is -5.08. The fraction of sp³-hybridized carbons (Fsp3) is 0.636. The maximum Gasteiger partial charge on any atom is 0.490 e. The molecular weight excluding hydrogens is 573 g/mol. The Bertz CT molecular complexity index is 912. The van der Waals surface area contributed by atoms with Crippen molar-refractivity contribution in [3.05, 3.63) is 30.1 Å². The lowest BCUT2D eigenvalue weighted by molar-refractivity contribution is -0.193. The molecule has 2 saturated heterocycles. The van der Waals surface area contributed by atoms with E-state index in [0.717, 1.165) is 24.5 Å². The number of alkyl halides is 9. The van der Waals surface area contributed by atoms with Crippen LogP contribution < -0.4 is 0 Å². The van der Waals surface area contributed by atoms with E-state index in [-0.39, 0.29) is 0 Å². The maximum absolute atomic E-state index is 10.6. The molecular formula is C22H26F9N3O6. The maximum atomic E-state index is 10.6. The van der Waals surface area contributed by atoms with Crippen molar-refractivity contribution in [2.75, 3.05) is 19.6 Å². The van der Waals surface area contributed by atoms with Crippen LogP contribution in [0.4, 0.5) is 39.5 Å². The van der Waals surface area contributed by atoms with E-state index in [4.69, 9.17) is 29.7 Å². The van der Waals surface area contributed by atoms with Gasteiger partial charge in [-0.1, -0.05) is 6.07 Å². The highest BCUT2D eigenvalue weighted by atomic mass is 19.4. The van der Waals surface area contributed by atoms with Gasteiger partial charge in [-0.15, -0.1) is 0 Å². The lowest BCUT2D eigenvalue weighted by Crippen LogP contribution is -2.37. The number of carboxylic acids is 3. The van der Waals surface area contributed by atoms with Gasteiger partial charge < -0.3 is 15.3 Å². The average Bonchev–Trinajstić information content (AvgIpc) is 3.42. The van der Waals surface area contributed by atoms with Gasteiger partial charge in [-0.05, 0) is 43.2 Å². The number of nitrogens with zero attached hydrogens (tertiary/aromatic N) is 3. The van der Waals surface area contributed by atoms with Crippen LogP contribution in [-0.2, 0) is 20.9 Å². The molecule has 0 spiro atoms. The molecule has 1 aromatic heterocycles. The first-order chi connectivity index (χ1) is 18.2. The molecule has 0 bridgehead atoms. The molecule has 18 heteroatoms. The van der Waals surface area contributed by atoms with Gasteiger partial charge in [0.25, 0.3) is 0 Å². The Balaban J connectivity index is 0.000000319. The molecule has 4 rings (SSSR count). The molecule has 0 unspecified atom stereocenters. The fourth-order valence-electron chi connectivity index (χ4n) is 3.95. The lowest BCUT2D eigenvalue weighted by Gasteiger charge is -2.25. The summed E-state index contributed by atoms with van der Waals surface area (Å²) in [4.78, 5) is 36.4. The van der Waals surface area contributed by atoms with Crippen molar-refractivity contribution in [1.82, 2.24) is 14.8 Å². The van der Waals surface area contributed by atoms with Crippen molar-refractivity contribution in [2.45, 2.75) is 62.8 Å². The second-order valence-corrected chi connectivity index (χ2v) is 8.89. The summed E-state index contributed by atoms with van der Waals surface area (Å²) >= 11 is 0. The number of carboxylic acid groups (broad SMARTS) is 3. The van der Waals surface area contributed by atoms with Crippen LogP contribution in [-0.4, -0.2) is 98.3 Å². The Morgan fingerprint density at radius 1 is 0.750 bits per heavy atom. The van der Waals surface area contributed by atoms with Crippen molar-refractivity contribution in [3.8, 4) is 0 Å². The highest BCUT2D eigenvalue weighted by Crippen LogP contribution is 2.37. The van der Waals surface area contributed by atoms with Crippen LogP contribution in [0.1, 0.15) is 31.2 Å². The summed E-state index contributed by atoms with van der Waals surface area (Å²) < 4.78 is 95.2. The molecule has 1 aromatic rings. The molecule has 228 valence electrons. The van der Waals surface area contributed by atoms with E-state index in [2.05, 4.69) is 26.9 Å². The molecule has 40 heavy (non-hydrogen) atoms. The number of likely N-dealkylation sites (tertiary alicyclic amines) is 2. The smallest absolute Gasteiger partial charge is 0.475 e. The Hall–Kier alpha value is -3.15. The molecule has 2 atom stereocenters. The van der Waals surface area contributed by atoms with E-state index < -0.39 is 36.4 Å². The van der Waals surface area contributed by atoms with Crippen LogP contribution in [0.5, 0.6) is 0 Å². The largest absolute Gasteiger partial charge is 0.490 e. The number of pyridine rings is 1. The molecule has 3 heterocycles. The molecule has 3 aliphatic rings. The SMILES string of the molecule is O=C(O)C(F)(F)F.O=C(O)C(F)(F)F.O=C(O)C(F)(F)F.c1cncc(CN2CC[C@@H]3[C@@H]2CCN3CC2CC2)c1. The van der Waals surface area contributed by atoms with E-state index in [1.54, 1.807) is 0 Å². The van der Waals surface area contributed by atoms with E-state index in [1.165, 1.54) is 50.9 Å². The molecule has 2 aliphatic heterocycles. The summed E-state index contributed by atoms with van der Waals surface area (Å²) in [6.07, 6.45) is -5.66. The second kappa shape index (κ2) is 14.5. The van der Waals surface area contributed by atoms with Crippen LogP contribution in [0.15, 0.2) is 24.5 Å². The highest BCUT2D eigenvalue weighted by molar-refractivity contribution is 5.73. The molecule has 3 fully saturated rings. The van der Waals surface area contributed by atoms with Gasteiger partial charge in [0.05, 0.1) is 0 Å². The highest BCUT2D eigenvalue weighted by Gasteiger charge is 2.43. The third-order valence-electron chi connectivity index (χ3n) is 5.83. The Morgan fingerprint density at radius 3 is 1.50 bits per heavy atom. The molecule has 0 radical (unpaired) electrons. The predicted molar refractivity (Wildman–Crippen MR) is 117 cm³/mol. The molecule has 1 saturated carbocycles. The van der Waals surface area contributed by atoms with Crippen molar-refractivity contribution in [2.24, 2.45) is 5.92 Å². The normalized spacial score (nSPS) is 21.0. The van der Waals surface area contributed by atoms with Gasteiger partial charge in [-0.3, -0.25) is 14.8 Å². The minimum absolute atomic E-state index is 0.805. The zero-order valence-corrected chi connectivity index (χ0v) is 20.5. The average molecular weight is 599 g/mol. The topological polar surface area (TPSA) is 131 Å². The first-order valence-electron chi connectivity index (χ1n) is 11.5. The Kier molecular flexibility index (Phi) is 12.6. The summed E-state index contributed by atoms with van der Waals surface area (Å²) in [6, 6.07) is 5.91. The van der Waals surface area contributed by atoms with Crippen LogP contribution in [0.2, 0.25) is 0 Å². The number of fused-ring (bicyclic) bond motifs is 1. The number of rotatable bonds is 4. The van der Waals surface area contributed by atoms with Gasteiger partial charge in [0.2, 0.25) is 0 Å². The third-order valence-corrected chi connectivity index (χ3v) is 5.83. The van der Waals surface area contributed by atoms with E-state index >= 15 is 0 Å². The number of carbonyl (C=O) groups is 3. The number of hydrogen-bond donors (Lipinski definition) is 3. The summed E-state index contributed by atoms with van der Waals surface area (Å²) in [7, 11) is 0. The standard InChI is InChI=1S/C16H23N3.3C2HF3O2/c1-2-14(10-17-7-1)12-19-9-6-15-16(19)5-8-18(15)11-13-3-4-13;3*3-2(4,5)1(6)7/h1-2,7,10,13,15-16H,3-6,8-9,11-12H2;3*(H,6,7)/t15-,16+;;;/m1.../s1. The van der Waals surface area contributed by atoms with Gasteiger partial charge in [-0.2, -0.15) is 39.5 Å². The Morgan fingerprint density at radius 2 is 1.15 bits per heavy atom. The first kappa shape index (κ1) is 34.9.